The van der Waals surface area contributed by atoms with Crippen molar-refractivity contribution in [2.75, 3.05) is 24.3 Å². The summed E-state index contributed by atoms with van der Waals surface area (Å²) in [6, 6.07) is 16.3. The second-order valence-corrected chi connectivity index (χ2v) is 7.52. The predicted octanol–water partition coefficient (Wildman–Crippen LogP) is 4.39. The van der Waals surface area contributed by atoms with E-state index < -0.39 is 0 Å². The Morgan fingerprint density at radius 2 is 1.69 bits per heavy atom. The Morgan fingerprint density at radius 3 is 2.31 bits per heavy atom. The Labute approximate surface area is 186 Å². The van der Waals surface area contributed by atoms with Crippen molar-refractivity contribution >= 4 is 17.3 Å². The molecule has 32 heavy (non-hydrogen) atoms. The molecule has 0 saturated heterocycles. The molecule has 0 fully saturated rings. The van der Waals surface area contributed by atoms with Gasteiger partial charge in [0.2, 0.25) is 5.88 Å². The molecule has 1 N–H and O–H groups in total. The van der Waals surface area contributed by atoms with Gasteiger partial charge in [0.25, 0.3) is 5.91 Å². The van der Waals surface area contributed by atoms with Gasteiger partial charge < -0.3 is 15.0 Å². The molecular formula is C24H24N6O2. The summed E-state index contributed by atoms with van der Waals surface area (Å²) in [4.78, 5) is 27.3. The Balaban J connectivity index is 1.42. The van der Waals surface area contributed by atoms with Crippen LogP contribution >= 0.6 is 0 Å². The first-order chi connectivity index (χ1) is 15.4. The molecule has 0 unspecified atom stereocenters. The Hall–Kier alpha value is -4.20. The molecular weight excluding hydrogens is 404 g/mol. The number of ether oxygens (including phenoxy) is 1. The molecule has 4 rings (SSSR count). The number of hydrogen-bond acceptors (Lipinski definition) is 6. The highest BCUT2D eigenvalue weighted by molar-refractivity contribution is 6.04. The van der Waals surface area contributed by atoms with Gasteiger partial charge in [-0.3, -0.25) is 9.36 Å². The number of aromatic nitrogens is 4. The average Bonchev–Trinajstić information content (AvgIpc) is 3.13. The van der Waals surface area contributed by atoms with Gasteiger partial charge >= 0.3 is 0 Å². The predicted molar refractivity (Wildman–Crippen MR) is 124 cm³/mol. The first kappa shape index (κ1) is 21.0. The Bertz CT molecular complexity index is 1230. The lowest BCUT2D eigenvalue weighted by atomic mass is 10.2. The van der Waals surface area contributed by atoms with Crippen LogP contribution in [0, 0.1) is 13.8 Å². The van der Waals surface area contributed by atoms with Crippen LogP contribution in [0.4, 0.5) is 11.4 Å². The summed E-state index contributed by atoms with van der Waals surface area (Å²) in [7, 11) is 3.92. The van der Waals surface area contributed by atoms with E-state index in [1.54, 1.807) is 48.8 Å². The topological polar surface area (TPSA) is 85.2 Å². The van der Waals surface area contributed by atoms with E-state index in [2.05, 4.69) is 20.3 Å². The van der Waals surface area contributed by atoms with E-state index in [-0.39, 0.29) is 5.91 Å². The van der Waals surface area contributed by atoms with Gasteiger partial charge in [-0.1, -0.05) is 0 Å². The Morgan fingerprint density at radius 1 is 0.969 bits per heavy atom. The van der Waals surface area contributed by atoms with Crippen molar-refractivity contribution < 1.29 is 9.53 Å². The number of imidazole rings is 1. The van der Waals surface area contributed by atoms with Crippen molar-refractivity contribution in [2.45, 2.75) is 13.8 Å². The fraction of sp³-hybridized carbons (Fsp3) is 0.167. The summed E-state index contributed by atoms with van der Waals surface area (Å²) < 4.78 is 7.75. The van der Waals surface area contributed by atoms with Crippen LogP contribution < -0.4 is 15.0 Å². The molecule has 2 aromatic heterocycles. The van der Waals surface area contributed by atoms with Crippen LogP contribution in [-0.4, -0.2) is 39.5 Å². The Kier molecular flexibility index (Phi) is 5.85. The minimum atomic E-state index is -0.171. The SMILES string of the molecule is Cc1ncn(-c2cc(Oc3ccc(NC(=O)c4ccc(N(C)C)cc4)cc3)ncn2)c1C. The molecule has 2 aromatic carbocycles. The van der Waals surface area contributed by atoms with Gasteiger partial charge in [-0.2, -0.15) is 0 Å². The second-order valence-electron chi connectivity index (χ2n) is 7.52. The number of benzene rings is 2. The maximum Gasteiger partial charge on any atom is 0.255 e. The molecule has 8 nitrogen and oxygen atoms in total. The molecule has 1 amide bonds. The first-order valence-corrected chi connectivity index (χ1v) is 10.1. The number of nitrogens with one attached hydrogen (secondary N) is 1. The highest BCUT2D eigenvalue weighted by Crippen LogP contribution is 2.23. The third-order valence-electron chi connectivity index (χ3n) is 5.11. The number of amides is 1. The molecule has 0 aliphatic carbocycles. The lowest BCUT2D eigenvalue weighted by molar-refractivity contribution is 0.102. The summed E-state index contributed by atoms with van der Waals surface area (Å²) in [6.07, 6.45) is 3.18. The quantitative estimate of drug-likeness (QED) is 0.490. The van der Waals surface area contributed by atoms with Gasteiger partial charge in [0.05, 0.1) is 5.69 Å². The normalized spacial score (nSPS) is 10.6. The number of rotatable bonds is 6. The van der Waals surface area contributed by atoms with Crippen LogP contribution in [0.25, 0.3) is 5.82 Å². The van der Waals surface area contributed by atoms with Crippen molar-refractivity contribution in [3.8, 4) is 17.4 Å². The standard InChI is InChI=1S/C24H24N6O2/c1-16-17(2)30(15-27-16)22-13-23(26-14-25-22)32-21-11-7-19(8-12-21)28-24(31)18-5-9-20(10-6-18)29(3)4/h5-15H,1-4H3,(H,28,31). The van der Waals surface area contributed by atoms with Gasteiger partial charge in [-0.25, -0.2) is 15.0 Å². The largest absolute Gasteiger partial charge is 0.439 e. The zero-order chi connectivity index (χ0) is 22.7. The van der Waals surface area contributed by atoms with E-state index in [0.717, 1.165) is 17.1 Å². The third kappa shape index (κ3) is 4.59. The number of carbonyl (C=O) groups is 1. The average molecular weight is 428 g/mol. The zero-order valence-corrected chi connectivity index (χ0v) is 18.4. The van der Waals surface area contributed by atoms with Gasteiger partial charge in [-0.15, -0.1) is 0 Å². The van der Waals surface area contributed by atoms with Gasteiger partial charge in [0.1, 0.15) is 24.2 Å². The molecule has 0 aliphatic rings. The minimum absolute atomic E-state index is 0.171. The van der Waals surface area contributed by atoms with Crippen molar-refractivity contribution in [1.29, 1.82) is 0 Å². The number of anilines is 2. The van der Waals surface area contributed by atoms with Gasteiger partial charge in [-0.05, 0) is 62.4 Å². The zero-order valence-electron chi connectivity index (χ0n) is 18.4. The molecule has 2 heterocycles. The van der Waals surface area contributed by atoms with Crippen molar-refractivity contribution in [3.63, 3.8) is 0 Å². The third-order valence-corrected chi connectivity index (χ3v) is 5.11. The second kappa shape index (κ2) is 8.89. The molecule has 0 bridgehead atoms. The molecule has 0 atom stereocenters. The summed E-state index contributed by atoms with van der Waals surface area (Å²) in [5.74, 6) is 1.52. The van der Waals surface area contributed by atoms with Gasteiger partial charge in [0, 0.05) is 42.8 Å². The number of hydrogen-bond donors (Lipinski definition) is 1. The maximum absolute atomic E-state index is 12.5. The molecule has 0 spiro atoms. The fourth-order valence-electron chi connectivity index (χ4n) is 3.09. The van der Waals surface area contributed by atoms with E-state index in [9.17, 15) is 4.79 Å². The minimum Gasteiger partial charge on any atom is -0.439 e. The highest BCUT2D eigenvalue weighted by Gasteiger charge is 2.09. The van der Waals surface area contributed by atoms with E-state index in [4.69, 9.17) is 4.74 Å². The molecule has 0 saturated carbocycles. The van der Waals surface area contributed by atoms with Crippen molar-refractivity contribution in [2.24, 2.45) is 0 Å². The summed E-state index contributed by atoms with van der Waals surface area (Å²) in [6.45, 7) is 3.93. The van der Waals surface area contributed by atoms with E-state index in [1.807, 2.05) is 49.5 Å². The van der Waals surface area contributed by atoms with Crippen LogP contribution in [-0.2, 0) is 0 Å². The molecule has 162 valence electrons. The first-order valence-electron chi connectivity index (χ1n) is 10.1. The summed E-state index contributed by atoms with van der Waals surface area (Å²) >= 11 is 0. The summed E-state index contributed by atoms with van der Waals surface area (Å²) in [5.41, 5.74) is 4.25. The van der Waals surface area contributed by atoms with Crippen LogP contribution in [0.3, 0.4) is 0 Å². The molecule has 8 heteroatoms. The van der Waals surface area contributed by atoms with E-state index in [1.165, 1.54) is 6.33 Å². The maximum atomic E-state index is 12.5. The van der Waals surface area contributed by atoms with Crippen LogP contribution in [0.2, 0.25) is 0 Å². The highest BCUT2D eigenvalue weighted by atomic mass is 16.5. The lowest BCUT2D eigenvalue weighted by Crippen LogP contribution is -2.13. The monoisotopic (exact) mass is 428 g/mol. The smallest absolute Gasteiger partial charge is 0.255 e. The van der Waals surface area contributed by atoms with Crippen LogP contribution in [0.5, 0.6) is 11.6 Å². The molecule has 0 radical (unpaired) electrons. The summed E-state index contributed by atoms with van der Waals surface area (Å²) in [5, 5.41) is 2.89. The number of carbonyl (C=O) groups excluding carboxylic acids is 1. The number of aryl methyl sites for hydroxylation is 1. The van der Waals surface area contributed by atoms with Crippen molar-refractivity contribution in [3.05, 3.63) is 84.2 Å². The van der Waals surface area contributed by atoms with Crippen LogP contribution in [0.15, 0.2) is 67.3 Å². The van der Waals surface area contributed by atoms with E-state index >= 15 is 0 Å². The van der Waals surface area contributed by atoms with E-state index in [0.29, 0.717) is 28.7 Å². The molecule has 0 aliphatic heterocycles. The van der Waals surface area contributed by atoms with Gasteiger partial charge in [0.15, 0.2) is 0 Å². The molecule has 4 aromatic rings. The fourth-order valence-corrected chi connectivity index (χ4v) is 3.09. The lowest BCUT2D eigenvalue weighted by Gasteiger charge is -2.13. The number of nitrogens with zero attached hydrogens (tertiary/aromatic N) is 5. The van der Waals surface area contributed by atoms with Crippen molar-refractivity contribution in [1.82, 2.24) is 19.5 Å². The van der Waals surface area contributed by atoms with Crippen LogP contribution in [0.1, 0.15) is 21.7 Å².